The number of thiophene rings is 1. The molecule has 7 heteroatoms. The van der Waals surface area contributed by atoms with Crippen LogP contribution in [0.1, 0.15) is 25.0 Å². The first-order valence-electron chi connectivity index (χ1n) is 10.3. The first-order valence-corrected chi connectivity index (χ1v) is 11.3. The van der Waals surface area contributed by atoms with Crippen molar-refractivity contribution in [2.75, 3.05) is 44.6 Å². The molecule has 156 valence electrons. The fraction of sp³-hybridized carbons (Fsp3) is 0.500. The summed E-state index contributed by atoms with van der Waals surface area (Å²) in [4.78, 5) is 17.3. The molecule has 2 aromatic rings. The van der Waals surface area contributed by atoms with E-state index in [0.717, 1.165) is 56.2 Å². The largest absolute Gasteiger partial charge is 0.492 e. The van der Waals surface area contributed by atoms with E-state index in [1.165, 1.54) is 5.56 Å². The van der Waals surface area contributed by atoms with E-state index in [2.05, 4.69) is 38.9 Å². The Morgan fingerprint density at radius 2 is 2.07 bits per heavy atom. The summed E-state index contributed by atoms with van der Waals surface area (Å²) in [6.07, 6.45) is 1.04. The van der Waals surface area contributed by atoms with Gasteiger partial charge in [0.05, 0.1) is 18.8 Å². The van der Waals surface area contributed by atoms with Crippen molar-refractivity contribution in [3.63, 3.8) is 0 Å². The topological polar surface area (TPSA) is 54.0 Å². The van der Waals surface area contributed by atoms with Gasteiger partial charge in [0.15, 0.2) is 0 Å². The van der Waals surface area contributed by atoms with Gasteiger partial charge in [-0.2, -0.15) is 11.3 Å². The molecule has 1 saturated heterocycles. The van der Waals surface area contributed by atoms with E-state index in [1.54, 1.807) is 11.3 Å². The lowest BCUT2D eigenvalue weighted by atomic mass is 10.1. The number of amides is 1. The van der Waals surface area contributed by atoms with Crippen molar-refractivity contribution in [1.82, 2.24) is 9.80 Å². The number of nitrogens with one attached hydrogen (secondary N) is 1. The van der Waals surface area contributed by atoms with Gasteiger partial charge in [0.25, 0.3) is 0 Å². The molecule has 4 rings (SSSR count). The number of carbonyl (C=O) groups is 1. The normalized spacial score (nSPS) is 19.6. The van der Waals surface area contributed by atoms with E-state index in [4.69, 9.17) is 9.47 Å². The summed E-state index contributed by atoms with van der Waals surface area (Å²) in [5.41, 5.74) is 3.21. The number of carbonyl (C=O) groups excluding carboxylic acids is 1. The van der Waals surface area contributed by atoms with Crippen LogP contribution in [0.2, 0.25) is 0 Å². The lowest BCUT2D eigenvalue weighted by molar-refractivity contribution is -0.117. The molecule has 1 atom stereocenters. The van der Waals surface area contributed by atoms with Gasteiger partial charge in [-0.25, -0.2) is 0 Å². The van der Waals surface area contributed by atoms with Crippen molar-refractivity contribution >= 4 is 22.9 Å². The first-order chi connectivity index (χ1) is 14.1. The van der Waals surface area contributed by atoms with E-state index in [1.807, 2.05) is 19.1 Å². The number of rotatable bonds is 7. The maximum absolute atomic E-state index is 12.7. The van der Waals surface area contributed by atoms with Gasteiger partial charge in [0.1, 0.15) is 17.6 Å². The molecule has 6 nitrogen and oxygen atoms in total. The molecule has 2 aliphatic heterocycles. The van der Waals surface area contributed by atoms with E-state index >= 15 is 0 Å². The van der Waals surface area contributed by atoms with E-state index in [0.29, 0.717) is 18.8 Å². The Labute approximate surface area is 176 Å². The number of piperazine rings is 1. The Morgan fingerprint density at radius 3 is 2.79 bits per heavy atom. The molecule has 1 N–H and O–H groups in total. The second kappa shape index (κ2) is 9.15. The van der Waals surface area contributed by atoms with E-state index in [9.17, 15) is 4.79 Å². The zero-order valence-electron chi connectivity index (χ0n) is 17.1. The van der Waals surface area contributed by atoms with Crippen LogP contribution in [0.4, 0.5) is 5.69 Å². The molecule has 1 aromatic carbocycles. The number of hydrogen-bond acceptors (Lipinski definition) is 6. The van der Waals surface area contributed by atoms with E-state index in [-0.39, 0.29) is 12.0 Å². The Hall–Kier alpha value is -2.09. The Balaban J connectivity index is 1.31. The minimum absolute atomic E-state index is 0.0109. The summed E-state index contributed by atoms with van der Waals surface area (Å²) < 4.78 is 11.6. The predicted molar refractivity (Wildman–Crippen MR) is 116 cm³/mol. The van der Waals surface area contributed by atoms with Crippen LogP contribution >= 0.6 is 11.3 Å². The second-order valence-electron chi connectivity index (χ2n) is 7.75. The zero-order chi connectivity index (χ0) is 20.2. The van der Waals surface area contributed by atoms with E-state index < -0.39 is 0 Å². The highest BCUT2D eigenvalue weighted by molar-refractivity contribution is 7.07. The van der Waals surface area contributed by atoms with Crippen molar-refractivity contribution in [2.24, 2.45) is 0 Å². The van der Waals surface area contributed by atoms with Gasteiger partial charge >= 0.3 is 0 Å². The smallest absolute Gasteiger partial charge is 0.238 e. The number of hydrogen-bond donors (Lipinski definition) is 1. The third-order valence-electron chi connectivity index (χ3n) is 5.39. The van der Waals surface area contributed by atoms with Gasteiger partial charge in [0.2, 0.25) is 5.91 Å². The molecule has 1 fully saturated rings. The number of nitrogens with zero attached hydrogens (tertiary/aromatic N) is 2. The van der Waals surface area contributed by atoms with Gasteiger partial charge in [0, 0.05) is 50.8 Å². The molecule has 0 bridgehead atoms. The highest BCUT2D eigenvalue weighted by Gasteiger charge is 2.24. The molecular weight excluding hydrogens is 386 g/mol. The summed E-state index contributed by atoms with van der Waals surface area (Å²) in [5.74, 6) is 1.56. The van der Waals surface area contributed by atoms with Crippen molar-refractivity contribution in [3.8, 4) is 11.5 Å². The lowest BCUT2D eigenvalue weighted by Crippen LogP contribution is -2.48. The molecule has 0 unspecified atom stereocenters. The summed E-state index contributed by atoms with van der Waals surface area (Å²) in [6.45, 7) is 9.73. The van der Waals surface area contributed by atoms with Crippen LogP contribution in [0.3, 0.4) is 0 Å². The maximum Gasteiger partial charge on any atom is 0.238 e. The first kappa shape index (κ1) is 20.2. The molecule has 0 aliphatic carbocycles. The quantitative estimate of drug-likeness (QED) is 0.753. The van der Waals surface area contributed by atoms with Crippen LogP contribution in [0.15, 0.2) is 29.0 Å². The third-order valence-corrected chi connectivity index (χ3v) is 6.12. The van der Waals surface area contributed by atoms with Crippen LogP contribution in [0, 0.1) is 0 Å². The summed E-state index contributed by atoms with van der Waals surface area (Å²) in [7, 11) is 0. The molecule has 1 aromatic heterocycles. The molecule has 0 radical (unpaired) electrons. The van der Waals surface area contributed by atoms with Crippen molar-refractivity contribution in [1.29, 1.82) is 0 Å². The van der Waals surface area contributed by atoms with Gasteiger partial charge in [-0.05, 0) is 42.3 Å². The zero-order valence-corrected chi connectivity index (χ0v) is 18.0. The van der Waals surface area contributed by atoms with Crippen molar-refractivity contribution in [3.05, 3.63) is 40.1 Å². The molecule has 29 heavy (non-hydrogen) atoms. The fourth-order valence-electron chi connectivity index (χ4n) is 3.95. The summed E-state index contributed by atoms with van der Waals surface area (Å²) in [5, 5.41) is 7.36. The highest BCUT2D eigenvalue weighted by Crippen LogP contribution is 2.38. The van der Waals surface area contributed by atoms with Crippen molar-refractivity contribution in [2.45, 2.75) is 32.9 Å². The SMILES string of the molecule is CCOc1cc2c(cc1NC(=O)CN1CCN(Cc3ccsc3)CC1)O[C@H](C)C2. The Bertz CT molecular complexity index is 832. The molecule has 2 aliphatic rings. The molecule has 1 amide bonds. The van der Waals surface area contributed by atoms with Gasteiger partial charge in [-0.1, -0.05) is 0 Å². The van der Waals surface area contributed by atoms with Crippen LogP contribution in [-0.2, 0) is 17.8 Å². The summed E-state index contributed by atoms with van der Waals surface area (Å²) in [6, 6.07) is 6.09. The molecule has 3 heterocycles. The number of ether oxygens (including phenoxy) is 2. The third kappa shape index (κ3) is 5.10. The minimum atomic E-state index is -0.0109. The molecule has 0 spiro atoms. The van der Waals surface area contributed by atoms with Gasteiger partial charge < -0.3 is 14.8 Å². The predicted octanol–water partition coefficient (Wildman–Crippen LogP) is 3.23. The van der Waals surface area contributed by atoms with Crippen LogP contribution < -0.4 is 14.8 Å². The lowest BCUT2D eigenvalue weighted by Gasteiger charge is -2.34. The van der Waals surface area contributed by atoms with Crippen molar-refractivity contribution < 1.29 is 14.3 Å². The number of fused-ring (bicyclic) bond motifs is 1. The van der Waals surface area contributed by atoms with Gasteiger partial charge in [-0.3, -0.25) is 14.6 Å². The monoisotopic (exact) mass is 415 g/mol. The Morgan fingerprint density at radius 1 is 1.28 bits per heavy atom. The van der Waals surface area contributed by atoms with Crippen LogP contribution in [-0.4, -0.2) is 61.1 Å². The molecular formula is C22H29N3O3S. The van der Waals surface area contributed by atoms with Gasteiger partial charge in [-0.15, -0.1) is 0 Å². The minimum Gasteiger partial charge on any atom is -0.492 e. The second-order valence-corrected chi connectivity index (χ2v) is 8.53. The highest BCUT2D eigenvalue weighted by atomic mass is 32.1. The maximum atomic E-state index is 12.7. The average Bonchev–Trinajstić information content (AvgIpc) is 3.32. The average molecular weight is 416 g/mol. The summed E-state index contributed by atoms with van der Waals surface area (Å²) >= 11 is 1.74. The Kier molecular flexibility index (Phi) is 6.37. The van der Waals surface area contributed by atoms with Crippen LogP contribution in [0.5, 0.6) is 11.5 Å². The van der Waals surface area contributed by atoms with Crippen LogP contribution in [0.25, 0.3) is 0 Å². The number of anilines is 1. The fourth-order valence-corrected chi connectivity index (χ4v) is 4.61. The number of benzene rings is 1. The molecule has 0 saturated carbocycles. The standard InChI is InChI=1S/C22H29N3O3S/c1-3-27-21-11-18-10-16(2)28-20(18)12-19(21)23-22(26)14-25-7-5-24(6-8-25)13-17-4-9-29-15-17/h4,9,11-12,15-16H,3,5-8,10,13-14H2,1-2H3,(H,23,26)/t16-/m1/s1.